The van der Waals surface area contributed by atoms with Gasteiger partial charge in [0.25, 0.3) is 5.91 Å². The summed E-state index contributed by atoms with van der Waals surface area (Å²) in [6.45, 7) is 0.393. The summed E-state index contributed by atoms with van der Waals surface area (Å²) < 4.78 is 5.41. The average molecular weight is 289 g/mol. The molecule has 2 aromatic carbocycles. The van der Waals surface area contributed by atoms with Gasteiger partial charge in [-0.2, -0.15) is 0 Å². The lowest BCUT2D eigenvalue weighted by atomic mass is 10.1. The fraction of sp³-hybridized carbons (Fsp3) is 0.133. The van der Waals surface area contributed by atoms with E-state index in [1.165, 1.54) is 0 Å². The second-order valence-electron chi connectivity index (χ2n) is 4.55. The van der Waals surface area contributed by atoms with E-state index in [2.05, 4.69) is 0 Å². The van der Waals surface area contributed by atoms with Gasteiger partial charge in [0.05, 0.1) is 12.2 Å². The number of ether oxygens (including phenoxy) is 1. The molecule has 4 nitrogen and oxygen atoms in total. The van der Waals surface area contributed by atoms with Crippen LogP contribution in [-0.2, 0) is 11.3 Å². The number of halogens is 1. The van der Waals surface area contributed by atoms with Gasteiger partial charge in [-0.25, -0.2) is 0 Å². The van der Waals surface area contributed by atoms with E-state index in [9.17, 15) is 4.79 Å². The van der Waals surface area contributed by atoms with Crippen LogP contribution >= 0.6 is 11.6 Å². The molecule has 0 atom stereocenters. The Morgan fingerprint density at radius 3 is 2.80 bits per heavy atom. The van der Waals surface area contributed by atoms with Crippen LogP contribution in [0.5, 0.6) is 5.75 Å². The fourth-order valence-corrected chi connectivity index (χ4v) is 2.45. The first kappa shape index (κ1) is 12.8. The van der Waals surface area contributed by atoms with E-state index in [-0.39, 0.29) is 12.5 Å². The number of amides is 1. The number of hydrogen-bond acceptors (Lipinski definition) is 3. The Kier molecular flexibility index (Phi) is 3.24. The number of rotatable bonds is 2. The first-order valence-electron chi connectivity index (χ1n) is 6.22. The molecule has 5 heteroatoms. The van der Waals surface area contributed by atoms with Gasteiger partial charge in [0.15, 0.2) is 6.61 Å². The molecule has 0 unspecified atom stereocenters. The highest BCUT2D eigenvalue weighted by Crippen LogP contribution is 2.38. The molecule has 102 valence electrons. The van der Waals surface area contributed by atoms with Gasteiger partial charge < -0.3 is 10.5 Å². The molecule has 0 fully saturated rings. The molecule has 2 aromatic rings. The van der Waals surface area contributed by atoms with Gasteiger partial charge in [0.2, 0.25) is 0 Å². The number of hydrogen-bond donors (Lipinski definition) is 1. The molecule has 0 aromatic heterocycles. The van der Waals surface area contributed by atoms with E-state index in [1.807, 2.05) is 18.2 Å². The summed E-state index contributed by atoms with van der Waals surface area (Å²) in [5.41, 5.74) is 7.98. The van der Waals surface area contributed by atoms with Gasteiger partial charge in [-0.15, -0.1) is 0 Å². The predicted octanol–water partition coefficient (Wildman–Crippen LogP) is 2.85. The molecule has 1 aliphatic heterocycles. The zero-order chi connectivity index (χ0) is 14.1. The standard InChI is InChI=1S/C15H13ClN2O2/c16-11-5-2-1-4-10(11)8-18-14(19)9-20-13-7-3-6-12(17)15(13)18/h1-7H,8-9,17H2. The van der Waals surface area contributed by atoms with Crippen molar-refractivity contribution in [3.63, 3.8) is 0 Å². The van der Waals surface area contributed by atoms with Crippen LogP contribution in [0.15, 0.2) is 42.5 Å². The van der Waals surface area contributed by atoms with Crippen LogP contribution in [0.25, 0.3) is 0 Å². The van der Waals surface area contributed by atoms with Gasteiger partial charge in [-0.3, -0.25) is 9.69 Å². The zero-order valence-electron chi connectivity index (χ0n) is 10.7. The SMILES string of the molecule is Nc1cccc2c1N(Cc1ccccc1Cl)C(=O)CO2. The van der Waals surface area contributed by atoms with Crippen molar-refractivity contribution in [3.8, 4) is 5.75 Å². The van der Waals surface area contributed by atoms with Crippen molar-refractivity contribution in [2.24, 2.45) is 0 Å². The van der Waals surface area contributed by atoms with Crippen LogP contribution in [0.3, 0.4) is 0 Å². The number of para-hydroxylation sites is 1. The fourth-order valence-electron chi connectivity index (χ4n) is 2.25. The third kappa shape index (κ3) is 2.18. The molecule has 2 N–H and O–H groups in total. The summed E-state index contributed by atoms with van der Waals surface area (Å²) >= 11 is 6.16. The number of fused-ring (bicyclic) bond motifs is 1. The van der Waals surface area contributed by atoms with E-state index >= 15 is 0 Å². The minimum absolute atomic E-state index is 0.0148. The summed E-state index contributed by atoms with van der Waals surface area (Å²) in [7, 11) is 0. The molecule has 0 radical (unpaired) electrons. The molecule has 0 spiro atoms. The normalized spacial score (nSPS) is 13.8. The Morgan fingerprint density at radius 1 is 1.20 bits per heavy atom. The number of nitrogens with zero attached hydrogens (tertiary/aromatic N) is 1. The van der Waals surface area contributed by atoms with Crippen LogP contribution < -0.4 is 15.4 Å². The third-order valence-electron chi connectivity index (χ3n) is 3.24. The smallest absolute Gasteiger partial charge is 0.265 e. The Labute approximate surface area is 121 Å². The summed E-state index contributed by atoms with van der Waals surface area (Å²) in [6, 6.07) is 12.8. The Hall–Kier alpha value is -2.20. The summed E-state index contributed by atoms with van der Waals surface area (Å²) in [6.07, 6.45) is 0. The molecule has 1 amide bonds. The van der Waals surface area contributed by atoms with E-state index in [0.29, 0.717) is 28.7 Å². The molecule has 0 saturated heterocycles. The Balaban J connectivity index is 2.02. The van der Waals surface area contributed by atoms with Crippen molar-refractivity contribution in [2.75, 3.05) is 17.2 Å². The van der Waals surface area contributed by atoms with E-state index in [4.69, 9.17) is 22.1 Å². The molecule has 3 rings (SSSR count). The van der Waals surface area contributed by atoms with Crippen LogP contribution in [0, 0.1) is 0 Å². The first-order chi connectivity index (χ1) is 9.66. The zero-order valence-corrected chi connectivity index (χ0v) is 11.4. The Bertz CT molecular complexity index is 673. The average Bonchev–Trinajstić information content (AvgIpc) is 2.44. The van der Waals surface area contributed by atoms with Crippen LogP contribution in [0.4, 0.5) is 11.4 Å². The highest BCUT2D eigenvalue weighted by atomic mass is 35.5. The number of nitrogen functional groups attached to an aromatic ring is 1. The number of nitrogens with two attached hydrogens (primary N) is 1. The maximum Gasteiger partial charge on any atom is 0.265 e. The van der Waals surface area contributed by atoms with E-state index < -0.39 is 0 Å². The monoisotopic (exact) mass is 288 g/mol. The number of benzene rings is 2. The van der Waals surface area contributed by atoms with Crippen molar-refractivity contribution in [3.05, 3.63) is 53.1 Å². The highest BCUT2D eigenvalue weighted by molar-refractivity contribution is 6.31. The minimum Gasteiger partial charge on any atom is -0.481 e. The predicted molar refractivity (Wildman–Crippen MR) is 79.0 cm³/mol. The number of anilines is 2. The summed E-state index contributed by atoms with van der Waals surface area (Å²) in [5, 5.41) is 0.628. The van der Waals surface area contributed by atoms with Crippen molar-refractivity contribution in [1.29, 1.82) is 0 Å². The molecular formula is C15H13ClN2O2. The quantitative estimate of drug-likeness (QED) is 0.865. The third-order valence-corrected chi connectivity index (χ3v) is 3.61. The Morgan fingerprint density at radius 2 is 2.00 bits per heavy atom. The summed E-state index contributed by atoms with van der Waals surface area (Å²) in [5.74, 6) is 0.493. The lowest BCUT2D eigenvalue weighted by Crippen LogP contribution is -2.38. The van der Waals surface area contributed by atoms with Crippen molar-refractivity contribution in [1.82, 2.24) is 0 Å². The van der Waals surface area contributed by atoms with Gasteiger partial charge in [0, 0.05) is 5.02 Å². The van der Waals surface area contributed by atoms with Gasteiger partial charge in [-0.1, -0.05) is 35.9 Å². The van der Waals surface area contributed by atoms with E-state index in [0.717, 1.165) is 5.56 Å². The molecule has 1 aliphatic rings. The van der Waals surface area contributed by atoms with Crippen molar-refractivity contribution < 1.29 is 9.53 Å². The lowest BCUT2D eigenvalue weighted by molar-refractivity contribution is -0.121. The van der Waals surface area contributed by atoms with Gasteiger partial charge in [0.1, 0.15) is 11.4 Å². The molecule has 0 saturated carbocycles. The second kappa shape index (κ2) is 5.06. The van der Waals surface area contributed by atoms with Gasteiger partial charge in [-0.05, 0) is 23.8 Å². The lowest BCUT2D eigenvalue weighted by Gasteiger charge is -2.30. The van der Waals surface area contributed by atoms with E-state index in [1.54, 1.807) is 29.2 Å². The van der Waals surface area contributed by atoms with Gasteiger partial charge >= 0.3 is 0 Å². The van der Waals surface area contributed by atoms with Crippen LogP contribution in [0.2, 0.25) is 5.02 Å². The van der Waals surface area contributed by atoms with Crippen LogP contribution in [-0.4, -0.2) is 12.5 Å². The molecule has 20 heavy (non-hydrogen) atoms. The minimum atomic E-state index is -0.129. The second-order valence-corrected chi connectivity index (χ2v) is 4.96. The molecular weight excluding hydrogens is 276 g/mol. The van der Waals surface area contributed by atoms with Crippen molar-refractivity contribution >= 4 is 28.9 Å². The maximum atomic E-state index is 12.1. The number of carbonyl (C=O) groups is 1. The largest absolute Gasteiger partial charge is 0.481 e. The van der Waals surface area contributed by atoms with Crippen LogP contribution in [0.1, 0.15) is 5.56 Å². The summed E-state index contributed by atoms with van der Waals surface area (Å²) in [4.78, 5) is 13.7. The highest BCUT2D eigenvalue weighted by Gasteiger charge is 2.27. The number of carbonyl (C=O) groups excluding carboxylic acids is 1. The molecule has 0 aliphatic carbocycles. The molecule has 0 bridgehead atoms. The molecule has 1 heterocycles. The first-order valence-corrected chi connectivity index (χ1v) is 6.59. The van der Waals surface area contributed by atoms with Crippen molar-refractivity contribution in [2.45, 2.75) is 6.54 Å². The topological polar surface area (TPSA) is 55.6 Å². The maximum absolute atomic E-state index is 12.1.